The molecule has 94 valence electrons. The summed E-state index contributed by atoms with van der Waals surface area (Å²) in [5.74, 6) is 1.74. The van der Waals surface area contributed by atoms with Gasteiger partial charge in [0, 0.05) is 18.2 Å². The molecule has 2 rings (SSSR count). The quantitative estimate of drug-likeness (QED) is 0.795. The molecule has 0 aromatic carbocycles. The minimum atomic E-state index is -0.00652. The van der Waals surface area contributed by atoms with Crippen molar-refractivity contribution in [1.29, 1.82) is 0 Å². The monoisotopic (exact) mass is 253 g/mol. The molecule has 0 saturated carbocycles. The zero-order valence-corrected chi connectivity index (χ0v) is 11.4. The topological polar surface area (TPSA) is 49.9 Å². The molecule has 0 bridgehead atoms. The van der Waals surface area contributed by atoms with Crippen molar-refractivity contribution in [1.82, 2.24) is 9.97 Å². The second-order valence-corrected chi connectivity index (χ2v) is 5.81. The fourth-order valence-corrected chi connectivity index (χ4v) is 2.11. The van der Waals surface area contributed by atoms with Crippen LogP contribution in [-0.4, -0.2) is 22.1 Å². The normalized spacial score (nSPS) is 20.5. The Morgan fingerprint density at radius 3 is 2.88 bits per heavy atom. The van der Waals surface area contributed by atoms with Gasteiger partial charge in [0.05, 0.1) is 0 Å². The molecule has 1 aliphatic heterocycles. The Hall–Kier alpha value is -0.940. The summed E-state index contributed by atoms with van der Waals surface area (Å²) in [6.45, 7) is 7.13. The van der Waals surface area contributed by atoms with Crippen LogP contribution in [0.4, 0.5) is 5.82 Å². The molecule has 0 amide bonds. The number of anilines is 1. The first kappa shape index (κ1) is 12.5. The van der Waals surface area contributed by atoms with E-state index < -0.39 is 0 Å². The zero-order chi connectivity index (χ0) is 12.5. The fraction of sp³-hybridized carbons (Fsp3) is 0.667. The Balaban J connectivity index is 2.26. The number of nitrogens with zero attached hydrogens (tertiary/aromatic N) is 1. The van der Waals surface area contributed by atoms with Crippen LogP contribution in [0.3, 0.4) is 0 Å². The third-order valence-corrected chi connectivity index (χ3v) is 2.71. The van der Waals surface area contributed by atoms with Gasteiger partial charge in [0.25, 0.3) is 0 Å². The van der Waals surface area contributed by atoms with Crippen LogP contribution in [0.2, 0.25) is 0 Å². The van der Waals surface area contributed by atoms with Crippen LogP contribution in [0.1, 0.15) is 45.5 Å². The van der Waals surface area contributed by atoms with Gasteiger partial charge in [-0.25, -0.2) is 4.98 Å². The molecule has 1 aliphatic rings. The predicted octanol–water partition coefficient (Wildman–Crippen LogP) is 3.20. The van der Waals surface area contributed by atoms with Crippen LogP contribution < -0.4 is 5.32 Å². The summed E-state index contributed by atoms with van der Waals surface area (Å²) in [4.78, 5) is 7.61. The van der Waals surface area contributed by atoms with Crippen molar-refractivity contribution in [3.63, 3.8) is 0 Å². The van der Waals surface area contributed by atoms with E-state index in [1.807, 2.05) is 6.07 Å². The summed E-state index contributed by atoms with van der Waals surface area (Å²) < 4.78 is 6.21. The number of hydrogen-bond acceptors (Lipinski definition) is 4. The van der Waals surface area contributed by atoms with Gasteiger partial charge in [0.2, 0.25) is 0 Å². The van der Waals surface area contributed by atoms with E-state index in [0.29, 0.717) is 4.64 Å². The number of rotatable bonds is 2. The van der Waals surface area contributed by atoms with Crippen LogP contribution in [0.15, 0.2) is 6.07 Å². The largest absolute Gasteiger partial charge is 0.370 e. The molecule has 1 fully saturated rings. The Morgan fingerprint density at radius 2 is 2.29 bits per heavy atom. The maximum atomic E-state index is 5.61. The van der Waals surface area contributed by atoms with Crippen molar-refractivity contribution in [2.45, 2.75) is 45.3 Å². The van der Waals surface area contributed by atoms with Crippen LogP contribution in [-0.2, 0) is 4.74 Å². The smallest absolute Gasteiger partial charge is 0.138 e. The predicted molar refractivity (Wildman–Crippen MR) is 70.7 cm³/mol. The van der Waals surface area contributed by atoms with Gasteiger partial charge in [-0.1, -0.05) is 12.2 Å². The fourth-order valence-electron chi connectivity index (χ4n) is 1.89. The molecule has 1 atom stereocenters. The van der Waals surface area contributed by atoms with Gasteiger partial charge < -0.3 is 15.0 Å². The van der Waals surface area contributed by atoms with Gasteiger partial charge in [-0.15, -0.1) is 0 Å². The first-order valence-electron chi connectivity index (χ1n) is 5.95. The van der Waals surface area contributed by atoms with Crippen LogP contribution >= 0.6 is 12.2 Å². The minimum absolute atomic E-state index is 0.00652. The summed E-state index contributed by atoms with van der Waals surface area (Å²) in [5, 5.41) is 3.37. The second-order valence-electron chi connectivity index (χ2n) is 5.39. The highest BCUT2D eigenvalue weighted by atomic mass is 32.1. The molecular formula is C12H19N3OS. The molecule has 4 nitrogen and oxygen atoms in total. The van der Waals surface area contributed by atoms with Gasteiger partial charge in [-0.05, 0) is 33.6 Å². The summed E-state index contributed by atoms with van der Waals surface area (Å²) in [5.41, 5.74) is -0.00652. The Bertz CT molecular complexity index is 444. The minimum Gasteiger partial charge on any atom is -0.370 e. The van der Waals surface area contributed by atoms with Gasteiger partial charge >= 0.3 is 0 Å². The molecule has 0 spiro atoms. The highest BCUT2D eigenvalue weighted by Crippen LogP contribution is 2.26. The van der Waals surface area contributed by atoms with E-state index in [2.05, 4.69) is 36.1 Å². The lowest BCUT2D eigenvalue weighted by atomic mass is 10.1. The summed E-state index contributed by atoms with van der Waals surface area (Å²) in [6, 6.07) is 1.85. The van der Waals surface area contributed by atoms with Crippen molar-refractivity contribution in [3.05, 3.63) is 16.5 Å². The standard InChI is InChI=1S/C12H19N3OS/c1-12(2,3)15-9-7-10(17)14-11(13-9)8-5-4-6-16-8/h7-8H,4-6H2,1-3H3,(H2,13,14,15,17). The molecule has 2 N–H and O–H groups in total. The van der Waals surface area contributed by atoms with E-state index in [9.17, 15) is 0 Å². The number of ether oxygens (including phenoxy) is 1. The van der Waals surface area contributed by atoms with Crippen molar-refractivity contribution in [2.75, 3.05) is 11.9 Å². The molecule has 0 aliphatic carbocycles. The van der Waals surface area contributed by atoms with Gasteiger partial charge in [-0.3, -0.25) is 0 Å². The molecule has 1 aromatic heterocycles. The van der Waals surface area contributed by atoms with E-state index in [1.165, 1.54) is 0 Å². The van der Waals surface area contributed by atoms with E-state index in [0.717, 1.165) is 31.1 Å². The van der Waals surface area contributed by atoms with Crippen LogP contribution in [0.25, 0.3) is 0 Å². The first-order valence-corrected chi connectivity index (χ1v) is 6.36. The molecule has 2 heterocycles. The molecule has 5 heteroatoms. The van der Waals surface area contributed by atoms with E-state index >= 15 is 0 Å². The number of hydrogen-bond donors (Lipinski definition) is 2. The van der Waals surface area contributed by atoms with Crippen molar-refractivity contribution >= 4 is 18.0 Å². The van der Waals surface area contributed by atoms with Crippen LogP contribution in [0.5, 0.6) is 0 Å². The van der Waals surface area contributed by atoms with Gasteiger partial charge in [0.15, 0.2) is 0 Å². The Labute approximate surface area is 107 Å². The lowest BCUT2D eigenvalue weighted by molar-refractivity contribution is 0.105. The maximum absolute atomic E-state index is 5.61. The number of H-pyrrole nitrogens is 1. The summed E-state index contributed by atoms with van der Waals surface area (Å²) >= 11 is 5.19. The lowest BCUT2D eigenvalue weighted by Crippen LogP contribution is -2.27. The number of aromatic nitrogens is 2. The third kappa shape index (κ3) is 3.51. The van der Waals surface area contributed by atoms with Crippen molar-refractivity contribution < 1.29 is 4.74 Å². The molecule has 0 radical (unpaired) electrons. The summed E-state index contributed by atoms with van der Waals surface area (Å²) in [6.07, 6.45) is 2.17. The highest BCUT2D eigenvalue weighted by molar-refractivity contribution is 7.71. The average molecular weight is 253 g/mol. The number of nitrogens with one attached hydrogen (secondary N) is 2. The van der Waals surface area contributed by atoms with Gasteiger partial charge in [-0.2, -0.15) is 0 Å². The second kappa shape index (κ2) is 4.74. The Morgan fingerprint density at radius 1 is 1.53 bits per heavy atom. The molecular weight excluding hydrogens is 234 g/mol. The van der Waals surface area contributed by atoms with E-state index in [1.54, 1.807) is 0 Å². The zero-order valence-electron chi connectivity index (χ0n) is 10.5. The molecule has 17 heavy (non-hydrogen) atoms. The lowest BCUT2D eigenvalue weighted by Gasteiger charge is -2.22. The first-order chi connectivity index (χ1) is 7.94. The van der Waals surface area contributed by atoms with Crippen molar-refractivity contribution in [2.24, 2.45) is 0 Å². The van der Waals surface area contributed by atoms with E-state index in [-0.39, 0.29) is 11.6 Å². The van der Waals surface area contributed by atoms with Crippen LogP contribution in [0, 0.1) is 4.64 Å². The molecule has 1 aromatic rings. The van der Waals surface area contributed by atoms with Crippen molar-refractivity contribution in [3.8, 4) is 0 Å². The SMILES string of the molecule is CC(C)(C)Nc1cc(=S)nc(C2CCCO2)[nH]1. The van der Waals surface area contributed by atoms with Gasteiger partial charge in [0.1, 0.15) is 22.4 Å². The Kier molecular flexibility index (Phi) is 3.49. The third-order valence-electron chi connectivity index (χ3n) is 2.51. The molecule has 1 saturated heterocycles. The highest BCUT2D eigenvalue weighted by Gasteiger charge is 2.20. The maximum Gasteiger partial charge on any atom is 0.138 e. The summed E-state index contributed by atoms with van der Waals surface area (Å²) in [7, 11) is 0. The average Bonchev–Trinajstić information content (AvgIpc) is 2.65. The molecule has 1 unspecified atom stereocenters. The number of aromatic amines is 1. The van der Waals surface area contributed by atoms with E-state index in [4.69, 9.17) is 17.0 Å².